The van der Waals surface area contributed by atoms with Crippen molar-refractivity contribution in [2.24, 2.45) is 0 Å². The number of para-hydroxylation sites is 1. The maximum atomic E-state index is 13.6. The number of aromatic nitrogens is 5. The van der Waals surface area contributed by atoms with Crippen LogP contribution in [0.3, 0.4) is 0 Å². The number of hydrogen-bond donors (Lipinski definition) is 1. The fraction of sp³-hybridized carbons (Fsp3) is 0.130. The Morgan fingerprint density at radius 3 is 2.60 bits per heavy atom. The van der Waals surface area contributed by atoms with Gasteiger partial charge in [0.2, 0.25) is 0 Å². The van der Waals surface area contributed by atoms with Crippen molar-refractivity contribution >= 4 is 27.8 Å². The molecule has 3 heterocycles. The molecule has 0 saturated carbocycles. The lowest BCUT2D eigenvalue weighted by atomic mass is 10.1. The van der Waals surface area contributed by atoms with Gasteiger partial charge in [-0.15, -0.1) is 0 Å². The maximum absolute atomic E-state index is 13.6. The lowest BCUT2D eigenvalue weighted by Gasteiger charge is -2.20. The monoisotopic (exact) mass is 396 g/mol. The van der Waals surface area contributed by atoms with Gasteiger partial charge in [-0.3, -0.25) is 9.36 Å². The van der Waals surface area contributed by atoms with Gasteiger partial charge < -0.3 is 10.3 Å². The second-order valence-corrected chi connectivity index (χ2v) is 7.32. The zero-order valence-corrected chi connectivity index (χ0v) is 16.6. The predicted octanol–water partition coefficient (Wildman–Crippen LogP) is 3.63. The van der Waals surface area contributed by atoms with Gasteiger partial charge in [0.25, 0.3) is 5.56 Å². The number of nitrogens with two attached hydrogens (primary N) is 1. The zero-order valence-electron chi connectivity index (χ0n) is 16.6. The van der Waals surface area contributed by atoms with E-state index < -0.39 is 0 Å². The Bertz CT molecular complexity index is 1450. The van der Waals surface area contributed by atoms with Crippen molar-refractivity contribution < 1.29 is 0 Å². The summed E-state index contributed by atoms with van der Waals surface area (Å²) in [5.41, 5.74) is 10.1. The SMILES string of the molecule is Cc1cccc2nc(C(C)n3cnc4c(N)ccnc43)n(-c3ccccc3)c(=O)c12. The van der Waals surface area contributed by atoms with Gasteiger partial charge >= 0.3 is 0 Å². The summed E-state index contributed by atoms with van der Waals surface area (Å²) in [5.74, 6) is 0.604. The molecule has 0 aliphatic carbocycles. The van der Waals surface area contributed by atoms with E-state index in [0.29, 0.717) is 33.6 Å². The van der Waals surface area contributed by atoms with E-state index in [1.807, 2.05) is 66.9 Å². The first-order chi connectivity index (χ1) is 14.6. The summed E-state index contributed by atoms with van der Waals surface area (Å²) in [4.78, 5) is 27.4. The van der Waals surface area contributed by atoms with Crippen LogP contribution in [-0.4, -0.2) is 24.1 Å². The molecule has 0 aliphatic heterocycles. The summed E-state index contributed by atoms with van der Waals surface area (Å²) >= 11 is 0. The first-order valence-electron chi connectivity index (χ1n) is 9.71. The molecule has 0 saturated heterocycles. The molecule has 0 bridgehead atoms. The van der Waals surface area contributed by atoms with Gasteiger partial charge in [0, 0.05) is 6.20 Å². The number of nitrogens with zero attached hydrogens (tertiary/aromatic N) is 5. The van der Waals surface area contributed by atoms with E-state index in [2.05, 4.69) is 9.97 Å². The Hall–Kier alpha value is -4.00. The lowest BCUT2D eigenvalue weighted by Crippen LogP contribution is -2.27. The molecule has 1 atom stereocenters. The minimum absolute atomic E-state index is 0.0944. The molecule has 0 spiro atoms. The second-order valence-electron chi connectivity index (χ2n) is 7.32. The maximum Gasteiger partial charge on any atom is 0.266 e. The highest BCUT2D eigenvalue weighted by Gasteiger charge is 2.22. The fourth-order valence-corrected chi connectivity index (χ4v) is 3.88. The normalized spacial score (nSPS) is 12.5. The van der Waals surface area contributed by atoms with Gasteiger partial charge in [0.05, 0.1) is 34.6 Å². The molecule has 30 heavy (non-hydrogen) atoms. The Labute approximate surface area is 172 Å². The smallest absolute Gasteiger partial charge is 0.266 e. The van der Waals surface area contributed by atoms with Gasteiger partial charge in [-0.2, -0.15) is 0 Å². The average Bonchev–Trinajstić information content (AvgIpc) is 3.19. The standard InChI is InChI=1S/C23H20N6O/c1-14-7-6-10-18-19(14)23(30)29(16-8-4-3-5-9-16)21(27-18)15(2)28-13-26-20-17(24)11-12-25-22(20)28/h3-13,15H,1-2H3,(H2,24,25). The second kappa shape index (κ2) is 6.81. The molecule has 2 aromatic carbocycles. The number of fused-ring (bicyclic) bond motifs is 2. The van der Waals surface area contributed by atoms with Gasteiger partial charge in [-0.05, 0) is 43.7 Å². The third-order valence-corrected chi connectivity index (χ3v) is 5.43. The quantitative estimate of drug-likeness (QED) is 0.503. The van der Waals surface area contributed by atoms with Crippen molar-refractivity contribution in [3.05, 3.63) is 88.9 Å². The van der Waals surface area contributed by atoms with Crippen LogP contribution in [-0.2, 0) is 0 Å². The predicted molar refractivity (Wildman–Crippen MR) is 118 cm³/mol. The molecule has 5 aromatic rings. The number of benzene rings is 2. The highest BCUT2D eigenvalue weighted by Crippen LogP contribution is 2.26. The Morgan fingerprint density at radius 1 is 1.00 bits per heavy atom. The summed E-state index contributed by atoms with van der Waals surface area (Å²) in [6, 6.07) is 16.7. The molecule has 7 heteroatoms. The van der Waals surface area contributed by atoms with Crippen LogP contribution in [0.25, 0.3) is 27.8 Å². The summed E-state index contributed by atoms with van der Waals surface area (Å²) in [5, 5.41) is 0.621. The van der Waals surface area contributed by atoms with Crippen LogP contribution in [0.2, 0.25) is 0 Å². The van der Waals surface area contributed by atoms with Crippen LogP contribution in [0.5, 0.6) is 0 Å². The van der Waals surface area contributed by atoms with Crippen molar-refractivity contribution in [3.8, 4) is 5.69 Å². The van der Waals surface area contributed by atoms with E-state index in [0.717, 1.165) is 11.3 Å². The number of aryl methyl sites for hydroxylation is 1. The molecule has 2 N–H and O–H groups in total. The number of nitrogen functional groups attached to an aromatic ring is 1. The Kier molecular flexibility index (Phi) is 4.10. The number of hydrogen-bond acceptors (Lipinski definition) is 5. The van der Waals surface area contributed by atoms with Crippen LogP contribution < -0.4 is 11.3 Å². The van der Waals surface area contributed by atoms with Gasteiger partial charge in [-0.25, -0.2) is 15.0 Å². The largest absolute Gasteiger partial charge is 0.397 e. The molecule has 3 aromatic heterocycles. The highest BCUT2D eigenvalue weighted by molar-refractivity contribution is 5.84. The van der Waals surface area contributed by atoms with E-state index >= 15 is 0 Å². The summed E-state index contributed by atoms with van der Waals surface area (Å²) < 4.78 is 3.58. The third kappa shape index (κ3) is 2.67. The molecule has 5 rings (SSSR count). The molecule has 0 amide bonds. The van der Waals surface area contributed by atoms with E-state index in [4.69, 9.17) is 10.7 Å². The summed E-state index contributed by atoms with van der Waals surface area (Å²) in [6.45, 7) is 3.91. The summed E-state index contributed by atoms with van der Waals surface area (Å²) in [6.07, 6.45) is 3.35. The van der Waals surface area contributed by atoms with Gasteiger partial charge in [0.1, 0.15) is 11.3 Å². The first-order valence-corrected chi connectivity index (χ1v) is 9.71. The van der Waals surface area contributed by atoms with Crippen LogP contribution in [0.1, 0.15) is 24.4 Å². The van der Waals surface area contributed by atoms with Crippen molar-refractivity contribution in [2.75, 3.05) is 5.73 Å². The fourth-order valence-electron chi connectivity index (χ4n) is 3.88. The molecule has 1 unspecified atom stereocenters. The van der Waals surface area contributed by atoms with E-state index in [-0.39, 0.29) is 11.6 Å². The van der Waals surface area contributed by atoms with Crippen molar-refractivity contribution in [2.45, 2.75) is 19.9 Å². The minimum atomic E-state index is -0.304. The molecular formula is C23H20N6O. The van der Waals surface area contributed by atoms with Crippen LogP contribution >= 0.6 is 0 Å². The average molecular weight is 396 g/mol. The molecule has 0 radical (unpaired) electrons. The molecular weight excluding hydrogens is 376 g/mol. The van der Waals surface area contributed by atoms with Gasteiger partial charge in [-0.1, -0.05) is 30.3 Å². The topological polar surface area (TPSA) is 91.6 Å². The number of rotatable bonds is 3. The molecule has 148 valence electrons. The minimum Gasteiger partial charge on any atom is -0.397 e. The van der Waals surface area contributed by atoms with E-state index in [1.54, 1.807) is 23.2 Å². The number of imidazole rings is 1. The van der Waals surface area contributed by atoms with E-state index in [1.165, 1.54) is 0 Å². The first kappa shape index (κ1) is 18.1. The van der Waals surface area contributed by atoms with Crippen LogP contribution in [0, 0.1) is 6.92 Å². The van der Waals surface area contributed by atoms with Gasteiger partial charge in [0.15, 0.2) is 5.65 Å². The van der Waals surface area contributed by atoms with Crippen LogP contribution in [0.4, 0.5) is 5.69 Å². The van der Waals surface area contributed by atoms with E-state index in [9.17, 15) is 4.79 Å². The molecule has 0 aliphatic rings. The van der Waals surface area contributed by atoms with Crippen molar-refractivity contribution in [1.29, 1.82) is 0 Å². The lowest BCUT2D eigenvalue weighted by molar-refractivity contribution is 0.590. The van der Waals surface area contributed by atoms with Crippen molar-refractivity contribution in [3.63, 3.8) is 0 Å². The number of anilines is 1. The Morgan fingerprint density at radius 2 is 1.80 bits per heavy atom. The third-order valence-electron chi connectivity index (χ3n) is 5.43. The molecule has 0 fully saturated rings. The number of pyridine rings is 1. The van der Waals surface area contributed by atoms with Crippen molar-refractivity contribution in [1.82, 2.24) is 24.1 Å². The summed E-state index contributed by atoms with van der Waals surface area (Å²) in [7, 11) is 0. The Balaban J connectivity index is 1.83. The molecule has 7 nitrogen and oxygen atoms in total. The highest BCUT2D eigenvalue weighted by atomic mass is 16.1. The van der Waals surface area contributed by atoms with Crippen LogP contribution in [0.15, 0.2) is 71.9 Å². The zero-order chi connectivity index (χ0) is 20.8.